The minimum atomic E-state index is 0.885. The van der Waals surface area contributed by atoms with Crippen molar-refractivity contribution >= 4 is 27.0 Å². The second-order valence-corrected chi connectivity index (χ2v) is 3.33. The van der Waals surface area contributed by atoms with Crippen molar-refractivity contribution in [3.63, 3.8) is 0 Å². The summed E-state index contributed by atoms with van der Waals surface area (Å²) < 4.78 is 2.05. The molecule has 2 aromatic rings. The molecule has 0 aliphatic heterocycles. The Hall–Kier alpha value is -0.830. The van der Waals surface area contributed by atoms with Gasteiger partial charge in [-0.1, -0.05) is 15.9 Å². The van der Waals surface area contributed by atoms with E-state index in [1.807, 2.05) is 23.9 Å². The fourth-order valence-electron chi connectivity index (χ4n) is 1.40. The molecular weight excluding hydrogens is 216 g/mol. The Morgan fingerprint density at radius 1 is 1.58 bits per heavy atom. The smallest absolute Gasteiger partial charge is 0.139 e. The Kier molecular flexibility index (Phi) is 1.89. The summed E-state index contributed by atoms with van der Waals surface area (Å²) in [4.78, 5) is 4.29. The molecule has 0 saturated carbocycles. The van der Waals surface area contributed by atoms with Gasteiger partial charge in [0.25, 0.3) is 0 Å². The van der Waals surface area contributed by atoms with Crippen LogP contribution in [0.25, 0.3) is 11.0 Å². The molecule has 0 amide bonds. The Labute approximate surface area is 79.3 Å². The zero-order valence-electron chi connectivity index (χ0n) is 6.79. The van der Waals surface area contributed by atoms with Crippen LogP contribution in [-0.4, -0.2) is 9.55 Å². The summed E-state index contributed by atoms with van der Waals surface area (Å²) in [6, 6.07) is 4.06. The first-order valence-corrected chi connectivity index (χ1v) is 4.90. The van der Waals surface area contributed by atoms with Gasteiger partial charge in [-0.05, 0) is 17.7 Å². The van der Waals surface area contributed by atoms with E-state index in [9.17, 15) is 0 Å². The summed E-state index contributed by atoms with van der Waals surface area (Å²) in [5.74, 6) is 0. The van der Waals surface area contributed by atoms with Crippen LogP contribution in [0.2, 0.25) is 0 Å². The zero-order valence-corrected chi connectivity index (χ0v) is 8.37. The molecule has 0 aliphatic carbocycles. The first kappa shape index (κ1) is 7.80. The van der Waals surface area contributed by atoms with Gasteiger partial charge < -0.3 is 4.57 Å². The lowest BCUT2D eigenvalue weighted by molar-refractivity contribution is 0.944. The van der Waals surface area contributed by atoms with Crippen molar-refractivity contribution < 1.29 is 0 Å². The highest BCUT2D eigenvalue weighted by Crippen LogP contribution is 2.19. The van der Waals surface area contributed by atoms with Gasteiger partial charge in [0.1, 0.15) is 5.65 Å². The molecule has 2 rings (SSSR count). The average Bonchev–Trinajstić information content (AvgIpc) is 2.44. The molecule has 0 atom stereocenters. The summed E-state index contributed by atoms with van der Waals surface area (Å²) in [5, 5.41) is 2.12. The van der Waals surface area contributed by atoms with Gasteiger partial charge in [-0.3, -0.25) is 0 Å². The van der Waals surface area contributed by atoms with Crippen molar-refractivity contribution in [1.82, 2.24) is 9.55 Å². The third-order valence-corrected chi connectivity index (χ3v) is 2.56. The van der Waals surface area contributed by atoms with Crippen LogP contribution in [0.1, 0.15) is 5.56 Å². The van der Waals surface area contributed by atoms with E-state index >= 15 is 0 Å². The van der Waals surface area contributed by atoms with Gasteiger partial charge in [0.2, 0.25) is 0 Å². The lowest BCUT2D eigenvalue weighted by Crippen LogP contribution is -1.85. The maximum absolute atomic E-state index is 4.29. The van der Waals surface area contributed by atoms with E-state index in [-0.39, 0.29) is 0 Å². The average molecular weight is 225 g/mol. The van der Waals surface area contributed by atoms with E-state index < -0.39 is 0 Å². The standard InChI is InChI=1S/C9H9BrN2/c1-12-6-7(5-10)8-3-2-4-11-9(8)12/h2-4,6H,5H2,1H3. The van der Waals surface area contributed by atoms with E-state index in [2.05, 4.69) is 33.2 Å². The van der Waals surface area contributed by atoms with Gasteiger partial charge in [0, 0.05) is 30.2 Å². The highest BCUT2D eigenvalue weighted by molar-refractivity contribution is 9.08. The Morgan fingerprint density at radius 3 is 3.17 bits per heavy atom. The molecule has 3 heteroatoms. The SMILES string of the molecule is Cn1cc(CBr)c2cccnc21. The number of aryl methyl sites for hydroxylation is 1. The molecule has 0 aromatic carbocycles. The third-order valence-electron chi connectivity index (χ3n) is 1.96. The number of fused-ring (bicyclic) bond motifs is 1. The van der Waals surface area contributed by atoms with Crippen molar-refractivity contribution in [2.45, 2.75) is 5.33 Å². The fourth-order valence-corrected chi connectivity index (χ4v) is 1.85. The van der Waals surface area contributed by atoms with E-state index in [1.54, 1.807) is 0 Å². The number of hydrogen-bond donors (Lipinski definition) is 0. The van der Waals surface area contributed by atoms with Gasteiger partial charge >= 0.3 is 0 Å². The molecule has 2 heterocycles. The molecule has 0 unspecified atom stereocenters. The quantitative estimate of drug-likeness (QED) is 0.681. The van der Waals surface area contributed by atoms with Crippen LogP contribution in [0, 0.1) is 0 Å². The van der Waals surface area contributed by atoms with Crippen molar-refractivity contribution in [3.05, 3.63) is 30.1 Å². The van der Waals surface area contributed by atoms with Crippen LogP contribution < -0.4 is 0 Å². The first-order chi connectivity index (χ1) is 5.83. The monoisotopic (exact) mass is 224 g/mol. The van der Waals surface area contributed by atoms with Gasteiger partial charge in [-0.2, -0.15) is 0 Å². The van der Waals surface area contributed by atoms with Gasteiger partial charge in [0.15, 0.2) is 0 Å². The van der Waals surface area contributed by atoms with E-state index in [0.29, 0.717) is 0 Å². The largest absolute Gasteiger partial charge is 0.335 e. The van der Waals surface area contributed by atoms with Crippen LogP contribution >= 0.6 is 15.9 Å². The molecule has 0 aliphatic rings. The molecule has 62 valence electrons. The number of hydrogen-bond acceptors (Lipinski definition) is 1. The maximum Gasteiger partial charge on any atom is 0.139 e. The second kappa shape index (κ2) is 2.90. The van der Waals surface area contributed by atoms with E-state index in [4.69, 9.17) is 0 Å². The molecule has 0 fully saturated rings. The van der Waals surface area contributed by atoms with E-state index in [1.165, 1.54) is 10.9 Å². The summed E-state index contributed by atoms with van der Waals surface area (Å²) in [6.07, 6.45) is 3.92. The fraction of sp³-hybridized carbons (Fsp3) is 0.222. The minimum Gasteiger partial charge on any atom is -0.335 e. The number of nitrogens with zero attached hydrogens (tertiary/aromatic N) is 2. The highest BCUT2D eigenvalue weighted by Gasteiger charge is 2.04. The normalized spacial score (nSPS) is 10.8. The number of rotatable bonds is 1. The summed E-state index contributed by atoms with van der Waals surface area (Å²) in [7, 11) is 2.02. The number of alkyl halides is 1. The predicted octanol–water partition coefficient (Wildman–Crippen LogP) is 2.47. The van der Waals surface area contributed by atoms with Gasteiger partial charge in [-0.15, -0.1) is 0 Å². The van der Waals surface area contributed by atoms with Crippen LogP contribution in [0.5, 0.6) is 0 Å². The second-order valence-electron chi connectivity index (χ2n) is 2.77. The lowest BCUT2D eigenvalue weighted by Gasteiger charge is -1.91. The lowest BCUT2D eigenvalue weighted by atomic mass is 10.2. The topological polar surface area (TPSA) is 17.8 Å². The number of aromatic nitrogens is 2. The third kappa shape index (κ3) is 1.05. The summed E-state index contributed by atoms with van der Waals surface area (Å²) in [5.41, 5.74) is 2.34. The molecule has 0 saturated heterocycles. The van der Waals surface area contributed by atoms with Crippen molar-refractivity contribution in [1.29, 1.82) is 0 Å². The van der Waals surface area contributed by atoms with Crippen LogP contribution in [0.3, 0.4) is 0 Å². The molecule has 0 radical (unpaired) electrons. The van der Waals surface area contributed by atoms with Crippen LogP contribution in [-0.2, 0) is 12.4 Å². The summed E-state index contributed by atoms with van der Waals surface area (Å²) >= 11 is 3.45. The Morgan fingerprint density at radius 2 is 2.42 bits per heavy atom. The summed E-state index contributed by atoms with van der Waals surface area (Å²) in [6.45, 7) is 0. The molecule has 0 spiro atoms. The Balaban J connectivity index is 2.82. The predicted molar refractivity (Wildman–Crippen MR) is 53.3 cm³/mol. The van der Waals surface area contributed by atoms with Crippen LogP contribution in [0.15, 0.2) is 24.5 Å². The number of halogens is 1. The minimum absolute atomic E-state index is 0.885. The van der Waals surface area contributed by atoms with Crippen molar-refractivity contribution in [2.24, 2.45) is 7.05 Å². The molecule has 2 aromatic heterocycles. The Bertz CT molecular complexity index is 406. The first-order valence-electron chi connectivity index (χ1n) is 3.78. The molecule has 0 bridgehead atoms. The maximum atomic E-state index is 4.29. The van der Waals surface area contributed by atoms with Gasteiger partial charge in [-0.25, -0.2) is 4.98 Å². The van der Waals surface area contributed by atoms with E-state index in [0.717, 1.165) is 11.0 Å². The highest BCUT2D eigenvalue weighted by atomic mass is 79.9. The number of pyridine rings is 1. The molecule has 12 heavy (non-hydrogen) atoms. The molecule has 2 nitrogen and oxygen atoms in total. The zero-order chi connectivity index (χ0) is 8.55. The van der Waals surface area contributed by atoms with Crippen LogP contribution in [0.4, 0.5) is 0 Å². The van der Waals surface area contributed by atoms with Crippen molar-refractivity contribution in [3.8, 4) is 0 Å². The van der Waals surface area contributed by atoms with Crippen molar-refractivity contribution in [2.75, 3.05) is 0 Å². The molecular formula is C9H9BrN2. The molecule has 0 N–H and O–H groups in total. The van der Waals surface area contributed by atoms with Gasteiger partial charge in [0.05, 0.1) is 0 Å².